The summed E-state index contributed by atoms with van der Waals surface area (Å²) in [5.41, 5.74) is 0. The number of thiophene rings is 1. The molecule has 1 N–H and O–H groups in total. The van der Waals surface area contributed by atoms with Crippen LogP contribution in [0.4, 0.5) is 0 Å². The second-order valence-corrected chi connectivity index (χ2v) is 9.13. The van der Waals surface area contributed by atoms with Crippen LogP contribution in [-0.2, 0) is 20.9 Å². The molecule has 0 aromatic carbocycles. The van der Waals surface area contributed by atoms with Gasteiger partial charge in [-0.15, -0.1) is 23.1 Å². The number of hydrogen-bond acceptors (Lipinski definition) is 5. The Kier molecular flexibility index (Phi) is 6.11. The molecule has 0 bridgehead atoms. The van der Waals surface area contributed by atoms with Crippen LogP contribution in [0.15, 0.2) is 12.1 Å². The smallest absolute Gasteiger partial charge is 0.246 e. The third-order valence-corrected chi connectivity index (χ3v) is 6.17. The predicted octanol–water partition coefficient (Wildman–Crippen LogP) is 2.04. The van der Waals surface area contributed by atoms with E-state index in [1.807, 2.05) is 19.9 Å². The maximum absolute atomic E-state index is 12.8. The second-order valence-electron chi connectivity index (χ2n) is 6.11. The molecule has 0 radical (unpaired) electrons. The molecule has 5 nitrogen and oxygen atoms in total. The Bertz CT molecular complexity index is 571. The summed E-state index contributed by atoms with van der Waals surface area (Å²) in [5.74, 6) is 0.486. The van der Waals surface area contributed by atoms with Gasteiger partial charge in [0.05, 0.1) is 17.9 Å². The number of carbonyl (C=O) groups excluding carboxylic acids is 2. The highest BCUT2D eigenvalue weighted by molar-refractivity contribution is 8.01. The van der Waals surface area contributed by atoms with Crippen molar-refractivity contribution >= 4 is 34.9 Å². The van der Waals surface area contributed by atoms with Gasteiger partial charge in [0.25, 0.3) is 0 Å². The van der Waals surface area contributed by atoms with Crippen molar-refractivity contribution in [1.29, 1.82) is 0 Å². The van der Waals surface area contributed by atoms with Gasteiger partial charge in [0.2, 0.25) is 11.8 Å². The first kappa shape index (κ1) is 18.3. The maximum atomic E-state index is 12.8. The van der Waals surface area contributed by atoms with Crippen LogP contribution < -0.4 is 5.32 Å². The van der Waals surface area contributed by atoms with Crippen LogP contribution in [0.1, 0.15) is 23.6 Å². The monoisotopic (exact) mass is 356 g/mol. The molecule has 1 aliphatic rings. The van der Waals surface area contributed by atoms with E-state index in [4.69, 9.17) is 4.74 Å². The maximum Gasteiger partial charge on any atom is 0.246 e. The number of nitrogens with zero attached hydrogens (tertiary/aromatic N) is 1. The summed E-state index contributed by atoms with van der Waals surface area (Å²) in [6, 6.07) is 3.64. The minimum atomic E-state index is -0.473. The van der Waals surface area contributed by atoms with E-state index in [0.717, 1.165) is 4.88 Å². The lowest BCUT2D eigenvalue weighted by Crippen LogP contribution is -2.57. The van der Waals surface area contributed by atoms with Crippen LogP contribution in [0.25, 0.3) is 0 Å². The third kappa shape index (κ3) is 4.71. The molecule has 0 spiro atoms. The molecule has 1 aromatic rings. The zero-order valence-electron chi connectivity index (χ0n) is 14.0. The Labute approximate surface area is 145 Å². The Hall–Kier alpha value is -1.05. The Morgan fingerprint density at radius 3 is 2.78 bits per heavy atom. The van der Waals surface area contributed by atoms with Gasteiger partial charge >= 0.3 is 0 Å². The van der Waals surface area contributed by atoms with Crippen LogP contribution in [0.2, 0.25) is 0 Å². The molecule has 2 heterocycles. The van der Waals surface area contributed by atoms with Gasteiger partial charge in [-0.05, 0) is 32.9 Å². The number of nitrogens with one attached hydrogen (secondary N) is 1. The van der Waals surface area contributed by atoms with E-state index in [2.05, 4.69) is 18.3 Å². The lowest BCUT2D eigenvalue weighted by atomic mass is 10.1. The van der Waals surface area contributed by atoms with Gasteiger partial charge in [0.15, 0.2) is 0 Å². The van der Waals surface area contributed by atoms with Gasteiger partial charge in [0.1, 0.15) is 6.04 Å². The zero-order valence-corrected chi connectivity index (χ0v) is 15.7. The van der Waals surface area contributed by atoms with E-state index in [-0.39, 0.29) is 11.8 Å². The van der Waals surface area contributed by atoms with Crippen LogP contribution in [0.5, 0.6) is 0 Å². The molecule has 2 rings (SSSR count). The van der Waals surface area contributed by atoms with E-state index >= 15 is 0 Å². The molecule has 1 aromatic heterocycles. The first-order valence-electron chi connectivity index (χ1n) is 7.61. The number of amides is 2. The predicted molar refractivity (Wildman–Crippen MR) is 94.8 cm³/mol. The number of rotatable bonds is 6. The van der Waals surface area contributed by atoms with Gasteiger partial charge in [0, 0.05) is 29.2 Å². The normalized spacial score (nSPS) is 20.2. The first-order chi connectivity index (χ1) is 10.8. The molecule has 128 valence electrons. The zero-order chi connectivity index (χ0) is 17.0. The van der Waals surface area contributed by atoms with E-state index < -0.39 is 10.8 Å². The summed E-state index contributed by atoms with van der Waals surface area (Å²) >= 11 is 3.22. The molecule has 0 saturated carbocycles. The van der Waals surface area contributed by atoms with Gasteiger partial charge in [-0.1, -0.05) is 0 Å². The van der Waals surface area contributed by atoms with Crippen LogP contribution >= 0.6 is 23.1 Å². The fraction of sp³-hybridized carbons (Fsp3) is 0.625. The third-order valence-electron chi connectivity index (χ3n) is 3.78. The molecule has 1 aliphatic heterocycles. The lowest BCUT2D eigenvalue weighted by Gasteiger charge is -2.35. The number of carbonyl (C=O) groups is 2. The van der Waals surface area contributed by atoms with Gasteiger partial charge in [-0.2, -0.15) is 0 Å². The summed E-state index contributed by atoms with van der Waals surface area (Å²) in [6.07, 6.45) is 0. The van der Waals surface area contributed by atoms with Crippen molar-refractivity contribution in [2.45, 2.75) is 38.1 Å². The Morgan fingerprint density at radius 1 is 1.48 bits per heavy atom. The highest BCUT2D eigenvalue weighted by Gasteiger charge is 2.39. The second kappa shape index (κ2) is 7.68. The largest absolute Gasteiger partial charge is 0.383 e. The highest BCUT2D eigenvalue weighted by atomic mass is 32.2. The molecule has 0 aliphatic carbocycles. The van der Waals surface area contributed by atoms with Crippen molar-refractivity contribution in [2.24, 2.45) is 0 Å². The van der Waals surface area contributed by atoms with Crippen molar-refractivity contribution < 1.29 is 14.3 Å². The van der Waals surface area contributed by atoms with Gasteiger partial charge in [-0.25, -0.2) is 0 Å². The summed E-state index contributed by atoms with van der Waals surface area (Å²) in [5, 5.41) is 2.87. The number of hydrogen-bond donors (Lipinski definition) is 1. The van der Waals surface area contributed by atoms with Gasteiger partial charge < -0.3 is 15.0 Å². The Balaban J connectivity index is 2.05. The van der Waals surface area contributed by atoms with Crippen molar-refractivity contribution in [3.8, 4) is 0 Å². The van der Waals surface area contributed by atoms with E-state index in [0.29, 0.717) is 25.4 Å². The van der Waals surface area contributed by atoms with E-state index in [1.165, 1.54) is 16.6 Å². The van der Waals surface area contributed by atoms with Crippen molar-refractivity contribution in [3.05, 3.63) is 21.9 Å². The van der Waals surface area contributed by atoms with Crippen molar-refractivity contribution in [3.63, 3.8) is 0 Å². The molecule has 2 amide bonds. The number of methoxy groups -OCH3 is 1. The minimum absolute atomic E-state index is 0.0375. The van der Waals surface area contributed by atoms with Crippen molar-refractivity contribution in [2.75, 3.05) is 26.0 Å². The van der Waals surface area contributed by atoms with Crippen LogP contribution in [0.3, 0.4) is 0 Å². The topological polar surface area (TPSA) is 58.6 Å². The fourth-order valence-corrected chi connectivity index (χ4v) is 4.22. The highest BCUT2D eigenvalue weighted by Crippen LogP contribution is 2.29. The van der Waals surface area contributed by atoms with E-state index in [1.54, 1.807) is 23.3 Å². The number of ether oxygens (including phenoxy) is 1. The minimum Gasteiger partial charge on any atom is -0.383 e. The fourth-order valence-electron chi connectivity index (χ4n) is 2.31. The number of aryl methyl sites for hydroxylation is 1. The van der Waals surface area contributed by atoms with E-state index in [9.17, 15) is 9.59 Å². The van der Waals surface area contributed by atoms with Crippen molar-refractivity contribution in [1.82, 2.24) is 10.2 Å². The molecular weight excluding hydrogens is 332 g/mol. The average Bonchev–Trinajstić information content (AvgIpc) is 2.91. The van der Waals surface area contributed by atoms with Gasteiger partial charge in [-0.3, -0.25) is 9.59 Å². The standard InChI is InChI=1S/C16H24N2O3S2/c1-11-5-6-12(23-11)9-18(7-8-21-4)14(19)13-10-22-16(2,3)15(20)17-13/h5-6,13H,7-10H2,1-4H3,(H,17,20)/t13-/m1/s1. The SMILES string of the molecule is COCCN(Cc1ccc(C)s1)C(=O)[C@H]1CSC(C)(C)C(=O)N1. The molecule has 0 unspecified atom stereocenters. The summed E-state index contributed by atoms with van der Waals surface area (Å²) < 4.78 is 4.65. The number of thioether (sulfide) groups is 1. The molecular formula is C16H24N2O3S2. The Morgan fingerprint density at radius 2 is 2.22 bits per heavy atom. The summed E-state index contributed by atoms with van der Waals surface area (Å²) in [7, 11) is 1.62. The summed E-state index contributed by atoms with van der Waals surface area (Å²) in [6.45, 7) is 7.37. The molecule has 7 heteroatoms. The average molecular weight is 357 g/mol. The molecule has 1 fully saturated rings. The quantitative estimate of drug-likeness (QED) is 0.847. The first-order valence-corrected chi connectivity index (χ1v) is 9.41. The molecule has 1 saturated heterocycles. The van der Waals surface area contributed by atoms with Crippen LogP contribution in [-0.4, -0.2) is 53.5 Å². The lowest BCUT2D eigenvalue weighted by molar-refractivity contribution is -0.137. The molecule has 23 heavy (non-hydrogen) atoms. The summed E-state index contributed by atoms with van der Waals surface area (Å²) in [4.78, 5) is 29.1. The molecule has 1 atom stereocenters. The van der Waals surface area contributed by atoms with Crippen LogP contribution in [0, 0.1) is 6.92 Å².